The minimum Gasteiger partial charge on any atom is -0.350 e. The topological polar surface area (TPSA) is 100 Å². The molecule has 0 fully saturated rings. The molecule has 2 aromatic heterocycles. The normalized spacial score (nSPS) is 12.5. The summed E-state index contributed by atoms with van der Waals surface area (Å²) in [5.74, 6) is -0.834. The molecule has 2 heterocycles. The van der Waals surface area contributed by atoms with Gasteiger partial charge in [0.1, 0.15) is 5.82 Å². The van der Waals surface area contributed by atoms with E-state index in [-0.39, 0.29) is 40.9 Å². The third-order valence-electron chi connectivity index (χ3n) is 5.56. The lowest BCUT2D eigenvalue weighted by molar-refractivity contribution is 0.0943. The first kappa shape index (κ1) is 24.3. The van der Waals surface area contributed by atoms with Gasteiger partial charge in [0.25, 0.3) is 11.5 Å². The van der Waals surface area contributed by atoms with Gasteiger partial charge < -0.3 is 10.2 Å². The zero-order valence-electron chi connectivity index (χ0n) is 19.6. The van der Waals surface area contributed by atoms with Crippen molar-refractivity contribution < 1.29 is 9.18 Å². The van der Waals surface area contributed by atoms with E-state index in [0.717, 1.165) is 5.56 Å². The second kappa shape index (κ2) is 10.1. The third kappa shape index (κ3) is 5.19. The quantitative estimate of drug-likeness (QED) is 0.544. The van der Waals surface area contributed by atoms with Gasteiger partial charge in [0.15, 0.2) is 5.65 Å². The van der Waals surface area contributed by atoms with E-state index in [1.165, 1.54) is 16.7 Å². The van der Waals surface area contributed by atoms with Crippen LogP contribution < -0.4 is 16.6 Å². The fourth-order valence-electron chi connectivity index (χ4n) is 3.80. The van der Waals surface area contributed by atoms with Crippen LogP contribution in [0.25, 0.3) is 11.0 Å². The van der Waals surface area contributed by atoms with Crippen LogP contribution in [0.3, 0.4) is 0 Å². The van der Waals surface area contributed by atoms with E-state index in [9.17, 15) is 18.8 Å². The van der Waals surface area contributed by atoms with Crippen LogP contribution in [0.15, 0.2) is 39.9 Å². The van der Waals surface area contributed by atoms with Crippen molar-refractivity contribution in [2.75, 3.05) is 20.6 Å². The van der Waals surface area contributed by atoms with Gasteiger partial charge in [0.05, 0.1) is 17.0 Å². The highest BCUT2D eigenvalue weighted by molar-refractivity contribution is 6.05. The van der Waals surface area contributed by atoms with E-state index in [1.54, 1.807) is 18.2 Å². The molecule has 33 heavy (non-hydrogen) atoms. The van der Waals surface area contributed by atoms with Crippen LogP contribution in [0.5, 0.6) is 0 Å². The van der Waals surface area contributed by atoms with E-state index >= 15 is 0 Å². The van der Waals surface area contributed by atoms with E-state index in [0.29, 0.717) is 18.7 Å². The first-order chi connectivity index (χ1) is 15.6. The summed E-state index contributed by atoms with van der Waals surface area (Å²) in [5.41, 5.74) is 0.495. The molecule has 1 amide bonds. The number of amides is 1. The molecule has 9 heteroatoms. The summed E-state index contributed by atoms with van der Waals surface area (Å²) in [4.78, 5) is 47.2. The molecule has 3 rings (SSSR count). The summed E-state index contributed by atoms with van der Waals surface area (Å²) in [6.45, 7) is 6.33. The number of hydrogen-bond acceptors (Lipinski definition) is 5. The molecule has 2 N–H and O–H groups in total. The standard InChI is InChI=1S/C24H30FN5O3/c1-6-10-30-21-20(23(32)28-24(30)33)17(12-18(27-21)14(2)3)22(31)26-13-19(29(4)5)15-8-7-9-16(25)11-15/h7-9,11-12,14,19H,6,10,13H2,1-5H3,(H,26,31)(H,28,32,33). The fraction of sp³-hybridized carbons (Fsp3) is 0.417. The molecule has 1 unspecified atom stereocenters. The molecular formula is C24H30FN5O3. The second-order valence-electron chi connectivity index (χ2n) is 8.60. The van der Waals surface area contributed by atoms with Crippen LogP contribution in [-0.2, 0) is 6.54 Å². The first-order valence-corrected chi connectivity index (χ1v) is 11.0. The Kier molecular flexibility index (Phi) is 7.43. The molecule has 1 atom stereocenters. The number of aromatic nitrogens is 3. The van der Waals surface area contributed by atoms with Gasteiger partial charge in [-0.3, -0.25) is 19.1 Å². The number of pyridine rings is 1. The molecule has 0 aliphatic rings. The first-order valence-electron chi connectivity index (χ1n) is 11.0. The second-order valence-corrected chi connectivity index (χ2v) is 8.60. The molecule has 8 nitrogen and oxygen atoms in total. The number of fused-ring (bicyclic) bond motifs is 1. The molecule has 0 aliphatic heterocycles. The van der Waals surface area contributed by atoms with Gasteiger partial charge in [-0.2, -0.15) is 0 Å². The molecular weight excluding hydrogens is 425 g/mol. The van der Waals surface area contributed by atoms with Gasteiger partial charge in [-0.25, -0.2) is 14.2 Å². The highest BCUT2D eigenvalue weighted by Gasteiger charge is 2.22. The van der Waals surface area contributed by atoms with Crippen LogP contribution in [0.4, 0.5) is 4.39 Å². The van der Waals surface area contributed by atoms with Crippen molar-refractivity contribution >= 4 is 16.9 Å². The lowest BCUT2D eigenvalue weighted by Gasteiger charge is -2.25. The number of nitrogens with zero attached hydrogens (tertiary/aromatic N) is 3. The van der Waals surface area contributed by atoms with Crippen molar-refractivity contribution in [2.45, 2.75) is 45.7 Å². The maximum absolute atomic E-state index is 13.7. The minimum atomic E-state index is -0.649. The number of rotatable bonds is 8. The van der Waals surface area contributed by atoms with Crippen molar-refractivity contribution in [3.63, 3.8) is 0 Å². The Balaban J connectivity index is 2.06. The van der Waals surface area contributed by atoms with Gasteiger partial charge in [0.2, 0.25) is 0 Å². The zero-order chi connectivity index (χ0) is 24.3. The molecule has 0 radical (unpaired) electrons. The van der Waals surface area contributed by atoms with Crippen molar-refractivity contribution in [2.24, 2.45) is 0 Å². The van der Waals surface area contributed by atoms with Gasteiger partial charge in [-0.05, 0) is 50.2 Å². The Bertz CT molecular complexity index is 1280. The lowest BCUT2D eigenvalue weighted by atomic mass is 10.0. The maximum atomic E-state index is 13.7. The van der Waals surface area contributed by atoms with Crippen molar-refractivity contribution in [1.29, 1.82) is 0 Å². The van der Waals surface area contributed by atoms with Gasteiger partial charge in [-0.15, -0.1) is 0 Å². The smallest absolute Gasteiger partial charge is 0.329 e. The molecule has 0 aliphatic carbocycles. The number of carbonyl (C=O) groups excluding carboxylic acids is 1. The van der Waals surface area contributed by atoms with Gasteiger partial charge in [0, 0.05) is 18.8 Å². The summed E-state index contributed by atoms with van der Waals surface area (Å²) in [5, 5.41) is 2.96. The number of halogens is 1. The Labute approximate surface area is 191 Å². The van der Waals surface area contributed by atoms with E-state index in [2.05, 4.69) is 15.3 Å². The Morgan fingerprint density at radius 2 is 1.97 bits per heavy atom. The number of hydrogen-bond donors (Lipinski definition) is 2. The van der Waals surface area contributed by atoms with E-state index in [4.69, 9.17) is 0 Å². The van der Waals surface area contributed by atoms with E-state index < -0.39 is 17.2 Å². The molecule has 0 saturated carbocycles. The molecule has 1 aromatic carbocycles. The summed E-state index contributed by atoms with van der Waals surface area (Å²) in [7, 11) is 3.68. The van der Waals surface area contributed by atoms with Crippen molar-refractivity contribution in [3.05, 3.63) is 73.8 Å². The predicted molar refractivity (Wildman–Crippen MR) is 126 cm³/mol. The summed E-state index contributed by atoms with van der Waals surface area (Å²) in [6, 6.07) is 7.55. The summed E-state index contributed by atoms with van der Waals surface area (Å²) >= 11 is 0. The molecule has 0 spiro atoms. The summed E-state index contributed by atoms with van der Waals surface area (Å²) in [6.07, 6.45) is 0.661. The zero-order valence-corrected chi connectivity index (χ0v) is 19.6. The molecule has 0 saturated heterocycles. The lowest BCUT2D eigenvalue weighted by Crippen LogP contribution is -2.36. The summed E-state index contributed by atoms with van der Waals surface area (Å²) < 4.78 is 15.1. The number of H-pyrrole nitrogens is 1. The number of likely N-dealkylation sites (N-methyl/N-ethyl adjacent to an activating group) is 1. The number of aryl methyl sites for hydroxylation is 1. The Morgan fingerprint density at radius 3 is 2.58 bits per heavy atom. The molecule has 176 valence electrons. The number of benzene rings is 1. The van der Waals surface area contributed by atoms with Crippen LogP contribution in [0.1, 0.15) is 60.8 Å². The highest BCUT2D eigenvalue weighted by atomic mass is 19.1. The minimum absolute atomic E-state index is 0.0211. The maximum Gasteiger partial charge on any atom is 0.329 e. The van der Waals surface area contributed by atoms with Crippen LogP contribution in [0.2, 0.25) is 0 Å². The number of aromatic amines is 1. The van der Waals surface area contributed by atoms with Gasteiger partial charge in [-0.1, -0.05) is 32.9 Å². The molecule has 0 bridgehead atoms. The van der Waals surface area contributed by atoms with Gasteiger partial charge >= 0.3 is 5.69 Å². The van der Waals surface area contributed by atoms with Crippen LogP contribution in [0, 0.1) is 5.82 Å². The van der Waals surface area contributed by atoms with Crippen LogP contribution in [-0.4, -0.2) is 46.0 Å². The SMILES string of the molecule is CCCn1c(=O)[nH]c(=O)c2c(C(=O)NCC(c3cccc(F)c3)N(C)C)cc(C(C)C)nc21. The van der Waals surface area contributed by atoms with Crippen molar-refractivity contribution in [1.82, 2.24) is 24.8 Å². The number of carbonyl (C=O) groups is 1. The Morgan fingerprint density at radius 1 is 1.24 bits per heavy atom. The third-order valence-corrected chi connectivity index (χ3v) is 5.56. The highest BCUT2D eigenvalue weighted by Crippen LogP contribution is 2.21. The average molecular weight is 456 g/mol. The monoisotopic (exact) mass is 455 g/mol. The Hall–Kier alpha value is -3.33. The van der Waals surface area contributed by atoms with E-state index in [1.807, 2.05) is 39.8 Å². The average Bonchev–Trinajstić information content (AvgIpc) is 2.75. The predicted octanol–water partition coefficient (Wildman–Crippen LogP) is 2.79. The largest absolute Gasteiger partial charge is 0.350 e. The van der Waals surface area contributed by atoms with Crippen molar-refractivity contribution in [3.8, 4) is 0 Å². The fourth-order valence-corrected chi connectivity index (χ4v) is 3.80. The number of nitrogens with one attached hydrogen (secondary N) is 2. The molecule has 3 aromatic rings. The van der Waals surface area contributed by atoms with Crippen LogP contribution >= 0.6 is 0 Å².